The van der Waals surface area contributed by atoms with E-state index in [1.807, 2.05) is 0 Å². The molecule has 0 bridgehead atoms. The monoisotopic (exact) mass is 263 g/mol. The number of hydrogen-bond donors (Lipinski definition) is 1. The minimum absolute atomic E-state index is 0.568. The van der Waals surface area contributed by atoms with Crippen molar-refractivity contribution in [2.75, 3.05) is 27.9 Å². The van der Waals surface area contributed by atoms with Gasteiger partial charge >= 0.3 is 8.80 Å². The molecule has 0 saturated carbocycles. The Hall–Kier alpha value is 0.0569. The molecule has 0 aliphatic carbocycles. The van der Waals surface area contributed by atoms with E-state index in [1.165, 1.54) is 6.42 Å². The molecule has 1 N–H and O–H groups in total. The highest BCUT2D eigenvalue weighted by atomic mass is 28.4. The summed E-state index contributed by atoms with van der Waals surface area (Å²) in [5, 5.41) is 3.51. The van der Waals surface area contributed by atoms with Crippen LogP contribution in [0.5, 0.6) is 0 Å². The van der Waals surface area contributed by atoms with E-state index in [1.54, 1.807) is 21.3 Å². The van der Waals surface area contributed by atoms with Crippen LogP contribution in [-0.2, 0) is 13.3 Å². The van der Waals surface area contributed by atoms with Gasteiger partial charge in [-0.2, -0.15) is 0 Å². The Morgan fingerprint density at radius 2 is 1.53 bits per heavy atom. The van der Waals surface area contributed by atoms with Crippen molar-refractivity contribution in [3.63, 3.8) is 0 Å². The van der Waals surface area contributed by atoms with Crippen molar-refractivity contribution in [1.29, 1.82) is 0 Å². The highest BCUT2D eigenvalue weighted by Crippen LogP contribution is 2.14. The van der Waals surface area contributed by atoms with Crippen molar-refractivity contribution in [2.45, 2.75) is 45.7 Å². The van der Waals surface area contributed by atoms with E-state index in [4.69, 9.17) is 13.3 Å². The SMILES string of the molecule is CO[Si](CCCNC(C)CC(C)C)(OC)OC. The fraction of sp³-hybridized carbons (Fsp3) is 1.00. The fourth-order valence-electron chi connectivity index (χ4n) is 2.00. The van der Waals surface area contributed by atoms with Crippen LogP contribution in [0.25, 0.3) is 0 Å². The van der Waals surface area contributed by atoms with Crippen molar-refractivity contribution < 1.29 is 13.3 Å². The maximum absolute atomic E-state index is 5.37. The molecule has 0 radical (unpaired) electrons. The van der Waals surface area contributed by atoms with Gasteiger partial charge in [-0.1, -0.05) is 13.8 Å². The van der Waals surface area contributed by atoms with Crippen molar-refractivity contribution in [2.24, 2.45) is 5.92 Å². The number of hydrogen-bond acceptors (Lipinski definition) is 4. The van der Waals surface area contributed by atoms with E-state index in [2.05, 4.69) is 26.1 Å². The smallest absolute Gasteiger partial charge is 0.377 e. The third kappa shape index (κ3) is 7.16. The van der Waals surface area contributed by atoms with E-state index in [0.717, 1.165) is 24.9 Å². The molecule has 4 nitrogen and oxygen atoms in total. The van der Waals surface area contributed by atoms with Gasteiger partial charge in [0.15, 0.2) is 0 Å². The maximum Gasteiger partial charge on any atom is 0.500 e. The Morgan fingerprint density at radius 3 is 1.94 bits per heavy atom. The number of rotatable bonds is 10. The Kier molecular flexibility index (Phi) is 9.08. The van der Waals surface area contributed by atoms with Crippen LogP contribution < -0.4 is 5.32 Å². The summed E-state index contributed by atoms with van der Waals surface area (Å²) in [6.45, 7) is 7.71. The topological polar surface area (TPSA) is 39.7 Å². The fourth-order valence-corrected chi connectivity index (χ4v) is 3.72. The molecule has 104 valence electrons. The molecule has 0 fully saturated rings. The lowest BCUT2D eigenvalue weighted by Gasteiger charge is -2.24. The summed E-state index contributed by atoms with van der Waals surface area (Å²) in [6, 6.07) is 1.43. The van der Waals surface area contributed by atoms with Gasteiger partial charge in [0.2, 0.25) is 0 Å². The summed E-state index contributed by atoms with van der Waals surface area (Å²) >= 11 is 0. The molecule has 0 heterocycles. The Bertz CT molecular complexity index is 178. The Balaban J connectivity index is 3.75. The summed E-state index contributed by atoms with van der Waals surface area (Å²) in [4.78, 5) is 0. The quantitative estimate of drug-likeness (QED) is 0.485. The van der Waals surface area contributed by atoms with Gasteiger partial charge in [0, 0.05) is 33.4 Å². The molecule has 17 heavy (non-hydrogen) atoms. The second-order valence-electron chi connectivity index (χ2n) is 4.88. The second-order valence-corrected chi connectivity index (χ2v) is 7.97. The van der Waals surface area contributed by atoms with E-state index in [-0.39, 0.29) is 0 Å². The average molecular weight is 263 g/mol. The zero-order chi connectivity index (χ0) is 13.3. The average Bonchev–Trinajstić information content (AvgIpc) is 2.29. The first-order valence-corrected chi connectivity index (χ1v) is 8.31. The first kappa shape index (κ1) is 17.1. The summed E-state index contributed by atoms with van der Waals surface area (Å²) in [6.07, 6.45) is 2.23. The molecule has 0 amide bonds. The van der Waals surface area contributed by atoms with Crippen molar-refractivity contribution in [1.82, 2.24) is 5.32 Å². The van der Waals surface area contributed by atoms with Crippen LogP contribution in [0.2, 0.25) is 6.04 Å². The van der Waals surface area contributed by atoms with Gasteiger partial charge in [0.1, 0.15) is 0 Å². The molecular weight excluding hydrogens is 234 g/mol. The van der Waals surface area contributed by atoms with Crippen molar-refractivity contribution >= 4 is 8.80 Å². The van der Waals surface area contributed by atoms with Gasteiger partial charge < -0.3 is 18.6 Å². The van der Waals surface area contributed by atoms with Crippen LogP contribution in [-0.4, -0.2) is 42.7 Å². The molecule has 0 aliphatic rings. The molecule has 5 heteroatoms. The predicted molar refractivity (Wildman–Crippen MR) is 73.1 cm³/mol. The molecule has 0 aromatic rings. The molecule has 0 aromatic heterocycles. The van der Waals surface area contributed by atoms with Gasteiger partial charge in [-0.25, -0.2) is 0 Å². The first-order valence-electron chi connectivity index (χ1n) is 6.38. The van der Waals surface area contributed by atoms with Crippen LogP contribution in [0, 0.1) is 5.92 Å². The minimum atomic E-state index is -2.36. The van der Waals surface area contributed by atoms with E-state index in [0.29, 0.717) is 6.04 Å². The van der Waals surface area contributed by atoms with Crippen LogP contribution in [0.3, 0.4) is 0 Å². The molecule has 0 spiro atoms. The van der Waals surface area contributed by atoms with Gasteiger partial charge in [-0.05, 0) is 32.2 Å². The largest absolute Gasteiger partial charge is 0.500 e. The molecule has 0 saturated heterocycles. The molecule has 0 rings (SSSR count). The minimum Gasteiger partial charge on any atom is -0.377 e. The molecule has 0 aliphatic heterocycles. The normalized spacial score (nSPS) is 14.3. The highest BCUT2D eigenvalue weighted by Gasteiger charge is 2.36. The van der Waals surface area contributed by atoms with E-state index in [9.17, 15) is 0 Å². The van der Waals surface area contributed by atoms with Crippen LogP contribution in [0.1, 0.15) is 33.6 Å². The molecule has 1 unspecified atom stereocenters. The van der Waals surface area contributed by atoms with Crippen molar-refractivity contribution in [3.05, 3.63) is 0 Å². The lowest BCUT2D eigenvalue weighted by Crippen LogP contribution is -2.43. The molecule has 0 aromatic carbocycles. The lowest BCUT2D eigenvalue weighted by molar-refractivity contribution is 0.123. The lowest BCUT2D eigenvalue weighted by atomic mass is 10.1. The number of nitrogens with one attached hydrogen (secondary N) is 1. The second kappa shape index (κ2) is 9.05. The van der Waals surface area contributed by atoms with E-state index >= 15 is 0 Å². The van der Waals surface area contributed by atoms with Crippen LogP contribution in [0.15, 0.2) is 0 Å². The van der Waals surface area contributed by atoms with Crippen molar-refractivity contribution in [3.8, 4) is 0 Å². The maximum atomic E-state index is 5.37. The highest BCUT2D eigenvalue weighted by molar-refractivity contribution is 6.60. The first-order chi connectivity index (χ1) is 7.99. The third-order valence-corrected chi connectivity index (χ3v) is 5.74. The Labute approximate surface area is 107 Å². The van der Waals surface area contributed by atoms with Gasteiger partial charge in [0.25, 0.3) is 0 Å². The molecule has 1 atom stereocenters. The van der Waals surface area contributed by atoms with Crippen LogP contribution >= 0.6 is 0 Å². The van der Waals surface area contributed by atoms with Crippen LogP contribution in [0.4, 0.5) is 0 Å². The van der Waals surface area contributed by atoms with Gasteiger partial charge in [-0.15, -0.1) is 0 Å². The summed E-state index contributed by atoms with van der Waals surface area (Å²) in [7, 11) is 2.62. The predicted octanol–water partition coefficient (Wildman–Crippen LogP) is 2.28. The zero-order valence-corrected chi connectivity index (χ0v) is 13.2. The summed E-state index contributed by atoms with van der Waals surface area (Å²) in [5.41, 5.74) is 0. The standard InChI is InChI=1S/C12H29NO3Si/c1-11(2)10-12(3)13-8-7-9-17(14-4,15-5)16-6/h11-13H,7-10H2,1-6H3. The third-order valence-electron chi connectivity index (χ3n) is 2.91. The zero-order valence-electron chi connectivity index (χ0n) is 12.2. The summed E-state index contributed by atoms with van der Waals surface area (Å²) in [5.74, 6) is 0.739. The molecular formula is C12H29NO3Si. The Morgan fingerprint density at radius 1 is 1.00 bits per heavy atom. The van der Waals surface area contributed by atoms with E-state index < -0.39 is 8.80 Å². The summed E-state index contributed by atoms with van der Waals surface area (Å²) < 4.78 is 16.1. The van der Waals surface area contributed by atoms with Gasteiger partial charge in [0.05, 0.1) is 0 Å². The van der Waals surface area contributed by atoms with Gasteiger partial charge in [-0.3, -0.25) is 0 Å².